The molecule has 0 radical (unpaired) electrons. The van der Waals surface area contributed by atoms with E-state index in [0.717, 1.165) is 35.4 Å². The van der Waals surface area contributed by atoms with Crippen molar-refractivity contribution < 1.29 is 9.32 Å². The lowest BCUT2D eigenvalue weighted by Gasteiger charge is -2.20. The molecule has 0 aliphatic carbocycles. The number of nitrogens with zero attached hydrogens (tertiary/aromatic N) is 3. The first kappa shape index (κ1) is 15.1. The van der Waals surface area contributed by atoms with E-state index in [2.05, 4.69) is 10.1 Å². The summed E-state index contributed by atoms with van der Waals surface area (Å²) >= 11 is 1.46. The Bertz CT molecular complexity index is 857. The Hall–Kier alpha value is -2.47. The second-order valence-corrected chi connectivity index (χ2v) is 6.85. The van der Waals surface area contributed by atoms with Crippen LogP contribution in [0, 0.1) is 6.92 Å². The van der Waals surface area contributed by atoms with Crippen LogP contribution in [0.5, 0.6) is 0 Å². The van der Waals surface area contributed by atoms with Crippen molar-refractivity contribution in [1.29, 1.82) is 0 Å². The van der Waals surface area contributed by atoms with Crippen molar-refractivity contribution in [3.63, 3.8) is 0 Å². The van der Waals surface area contributed by atoms with E-state index in [1.807, 2.05) is 53.6 Å². The molecule has 5 nitrogen and oxygen atoms in total. The highest BCUT2D eigenvalue weighted by Gasteiger charge is 2.35. The number of aryl methyl sites for hydroxylation is 1. The molecular weight excluding hydrogens is 322 g/mol. The molecule has 1 unspecified atom stereocenters. The standard InChI is InChI=1S/C18H17N3O2S/c1-12-6-2-3-7-13(12)16-19-17(23-20-16)14-8-4-10-21(14)18(22)15-9-5-11-24-15/h2-3,5-7,9,11,14H,4,8,10H2,1H3. The van der Waals surface area contributed by atoms with Crippen molar-refractivity contribution >= 4 is 17.2 Å². The molecule has 0 saturated carbocycles. The quantitative estimate of drug-likeness (QED) is 0.721. The largest absolute Gasteiger partial charge is 0.337 e. The van der Waals surface area contributed by atoms with E-state index < -0.39 is 0 Å². The van der Waals surface area contributed by atoms with Crippen molar-refractivity contribution in [2.24, 2.45) is 0 Å². The van der Waals surface area contributed by atoms with Gasteiger partial charge in [0.1, 0.15) is 6.04 Å². The fraction of sp³-hybridized carbons (Fsp3) is 0.278. The molecule has 24 heavy (non-hydrogen) atoms. The van der Waals surface area contributed by atoms with Crippen LogP contribution in [0.3, 0.4) is 0 Å². The Balaban J connectivity index is 1.62. The first-order valence-corrected chi connectivity index (χ1v) is 8.86. The summed E-state index contributed by atoms with van der Waals surface area (Å²) in [6.45, 7) is 2.75. The minimum Gasteiger partial charge on any atom is -0.337 e. The number of rotatable bonds is 3. The van der Waals surface area contributed by atoms with E-state index in [9.17, 15) is 4.79 Å². The van der Waals surface area contributed by atoms with E-state index >= 15 is 0 Å². The molecular formula is C18H17N3O2S. The maximum Gasteiger partial charge on any atom is 0.264 e. The zero-order chi connectivity index (χ0) is 16.5. The predicted molar refractivity (Wildman–Crippen MR) is 91.8 cm³/mol. The summed E-state index contributed by atoms with van der Waals surface area (Å²) in [5.74, 6) is 1.15. The van der Waals surface area contributed by atoms with Crippen molar-refractivity contribution in [3.05, 3.63) is 58.1 Å². The number of carbonyl (C=O) groups excluding carboxylic acids is 1. The molecule has 0 spiro atoms. The molecule has 1 aliphatic heterocycles. The zero-order valence-corrected chi connectivity index (χ0v) is 14.1. The summed E-state index contributed by atoms with van der Waals surface area (Å²) in [5.41, 5.74) is 2.06. The maximum atomic E-state index is 12.7. The van der Waals surface area contributed by atoms with Crippen molar-refractivity contribution in [1.82, 2.24) is 15.0 Å². The fourth-order valence-electron chi connectivity index (χ4n) is 3.11. The zero-order valence-electron chi connectivity index (χ0n) is 13.3. The topological polar surface area (TPSA) is 59.2 Å². The van der Waals surface area contributed by atoms with Crippen LogP contribution in [-0.4, -0.2) is 27.5 Å². The van der Waals surface area contributed by atoms with E-state index in [1.54, 1.807) is 0 Å². The smallest absolute Gasteiger partial charge is 0.264 e. The second-order valence-electron chi connectivity index (χ2n) is 5.91. The maximum absolute atomic E-state index is 12.7. The average molecular weight is 339 g/mol. The minimum atomic E-state index is -0.134. The molecule has 3 aromatic rings. The number of thiophene rings is 1. The highest BCUT2D eigenvalue weighted by Crippen LogP contribution is 2.34. The van der Waals surface area contributed by atoms with Gasteiger partial charge in [0.25, 0.3) is 5.91 Å². The van der Waals surface area contributed by atoms with Crippen LogP contribution in [0.4, 0.5) is 0 Å². The summed E-state index contributed by atoms with van der Waals surface area (Å²) in [6.07, 6.45) is 1.80. The summed E-state index contributed by atoms with van der Waals surface area (Å²) in [7, 11) is 0. The third-order valence-electron chi connectivity index (χ3n) is 4.36. The number of likely N-dealkylation sites (tertiary alicyclic amines) is 1. The Morgan fingerprint density at radius 3 is 2.96 bits per heavy atom. The molecule has 1 aliphatic rings. The fourth-order valence-corrected chi connectivity index (χ4v) is 3.79. The third kappa shape index (κ3) is 2.63. The molecule has 0 bridgehead atoms. The first-order valence-electron chi connectivity index (χ1n) is 7.98. The molecule has 1 atom stereocenters. The molecule has 1 fully saturated rings. The van der Waals surface area contributed by atoms with Crippen LogP contribution in [0.1, 0.15) is 40.0 Å². The Kier molecular flexibility index (Phi) is 3.90. The van der Waals surface area contributed by atoms with Crippen LogP contribution in [-0.2, 0) is 0 Å². The van der Waals surface area contributed by atoms with Crippen molar-refractivity contribution in [3.8, 4) is 11.4 Å². The summed E-state index contributed by atoms with van der Waals surface area (Å²) in [4.78, 5) is 19.8. The van der Waals surface area contributed by atoms with Gasteiger partial charge in [-0.25, -0.2) is 0 Å². The van der Waals surface area contributed by atoms with E-state index in [0.29, 0.717) is 11.7 Å². The van der Waals surface area contributed by atoms with Gasteiger partial charge in [-0.15, -0.1) is 11.3 Å². The highest BCUT2D eigenvalue weighted by molar-refractivity contribution is 7.12. The molecule has 1 aromatic carbocycles. The van der Waals surface area contributed by atoms with E-state index in [1.165, 1.54) is 11.3 Å². The first-order chi connectivity index (χ1) is 11.7. The van der Waals surface area contributed by atoms with Gasteiger partial charge >= 0.3 is 0 Å². The molecule has 122 valence electrons. The number of aromatic nitrogens is 2. The molecule has 4 rings (SSSR count). The van der Waals surface area contributed by atoms with E-state index in [4.69, 9.17) is 4.52 Å². The summed E-state index contributed by atoms with van der Waals surface area (Å²) in [6, 6.07) is 11.6. The lowest BCUT2D eigenvalue weighted by atomic mass is 10.1. The third-order valence-corrected chi connectivity index (χ3v) is 5.22. The van der Waals surface area contributed by atoms with Gasteiger partial charge < -0.3 is 9.42 Å². The second kappa shape index (κ2) is 6.20. The summed E-state index contributed by atoms with van der Waals surface area (Å²) < 4.78 is 5.50. The molecule has 1 amide bonds. The lowest BCUT2D eigenvalue weighted by molar-refractivity contribution is 0.0715. The lowest BCUT2D eigenvalue weighted by Crippen LogP contribution is -2.30. The van der Waals surface area contributed by atoms with Crippen molar-refractivity contribution in [2.75, 3.05) is 6.54 Å². The van der Waals surface area contributed by atoms with Gasteiger partial charge in [-0.1, -0.05) is 35.5 Å². The van der Waals surface area contributed by atoms with Gasteiger partial charge in [0.15, 0.2) is 0 Å². The van der Waals surface area contributed by atoms with Gasteiger partial charge in [0.2, 0.25) is 11.7 Å². The molecule has 0 N–H and O–H groups in total. The van der Waals surface area contributed by atoms with Crippen LogP contribution in [0.15, 0.2) is 46.3 Å². The molecule has 3 heterocycles. The predicted octanol–water partition coefficient (Wildman–Crippen LogP) is 4.08. The Morgan fingerprint density at radius 1 is 1.29 bits per heavy atom. The normalized spacial score (nSPS) is 17.4. The average Bonchev–Trinajstić information content (AvgIpc) is 3.34. The number of carbonyl (C=O) groups is 1. The number of amides is 1. The van der Waals surface area contributed by atoms with Crippen LogP contribution in [0.25, 0.3) is 11.4 Å². The van der Waals surface area contributed by atoms with Gasteiger partial charge in [-0.2, -0.15) is 4.98 Å². The SMILES string of the molecule is Cc1ccccc1-c1noc(C2CCCN2C(=O)c2cccs2)n1. The van der Waals surface area contributed by atoms with Gasteiger partial charge in [0, 0.05) is 12.1 Å². The van der Waals surface area contributed by atoms with Gasteiger partial charge in [-0.05, 0) is 36.8 Å². The Morgan fingerprint density at radius 2 is 2.17 bits per heavy atom. The summed E-state index contributed by atoms with van der Waals surface area (Å²) in [5, 5.41) is 6.04. The number of hydrogen-bond donors (Lipinski definition) is 0. The highest BCUT2D eigenvalue weighted by atomic mass is 32.1. The molecule has 1 saturated heterocycles. The van der Waals surface area contributed by atoms with Gasteiger partial charge in [0.05, 0.1) is 4.88 Å². The molecule has 2 aromatic heterocycles. The Labute approximate surface area is 143 Å². The minimum absolute atomic E-state index is 0.0446. The van der Waals surface area contributed by atoms with E-state index in [-0.39, 0.29) is 11.9 Å². The number of hydrogen-bond acceptors (Lipinski definition) is 5. The van der Waals surface area contributed by atoms with Crippen LogP contribution < -0.4 is 0 Å². The monoisotopic (exact) mass is 339 g/mol. The van der Waals surface area contributed by atoms with Gasteiger partial charge in [-0.3, -0.25) is 4.79 Å². The van der Waals surface area contributed by atoms with Crippen LogP contribution in [0.2, 0.25) is 0 Å². The van der Waals surface area contributed by atoms with Crippen molar-refractivity contribution in [2.45, 2.75) is 25.8 Å². The molecule has 6 heteroatoms. The van der Waals surface area contributed by atoms with Crippen LogP contribution >= 0.6 is 11.3 Å². The number of benzene rings is 1.